The molecule has 0 bridgehead atoms. The zero-order valence-electron chi connectivity index (χ0n) is 12.5. The van der Waals surface area contributed by atoms with Gasteiger partial charge in [-0.1, -0.05) is 45.2 Å². The largest absolute Gasteiger partial charge is 0.382 e. The Morgan fingerprint density at radius 2 is 1.86 bits per heavy atom. The second-order valence-corrected chi connectivity index (χ2v) is 3.79. The van der Waals surface area contributed by atoms with Crippen molar-refractivity contribution in [3.8, 4) is 11.3 Å². The monoisotopic (exact) mass is 280 g/mol. The molecule has 0 saturated carbocycles. The van der Waals surface area contributed by atoms with Crippen LogP contribution >= 0.6 is 0 Å². The Balaban J connectivity index is 0.00000106. The summed E-state index contributed by atoms with van der Waals surface area (Å²) >= 11 is 0. The molecule has 21 heavy (non-hydrogen) atoms. The van der Waals surface area contributed by atoms with Gasteiger partial charge in [0, 0.05) is 23.5 Å². The van der Waals surface area contributed by atoms with Crippen LogP contribution in [-0.2, 0) is 0 Å². The van der Waals surface area contributed by atoms with Crippen molar-refractivity contribution in [2.45, 2.75) is 13.8 Å². The van der Waals surface area contributed by atoms with E-state index < -0.39 is 0 Å². The van der Waals surface area contributed by atoms with Crippen molar-refractivity contribution in [3.63, 3.8) is 0 Å². The number of hydrogen-bond donors (Lipinski definition) is 1. The van der Waals surface area contributed by atoms with Gasteiger partial charge in [0.05, 0.1) is 11.9 Å². The van der Waals surface area contributed by atoms with Gasteiger partial charge in [0.2, 0.25) is 0 Å². The molecule has 0 radical (unpaired) electrons. The van der Waals surface area contributed by atoms with Gasteiger partial charge in [-0.2, -0.15) is 0 Å². The van der Waals surface area contributed by atoms with Crippen molar-refractivity contribution in [1.29, 1.82) is 0 Å². The van der Waals surface area contributed by atoms with E-state index in [-0.39, 0.29) is 0 Å². The lowest BCUT2D eigenvalue weighted by molar-refractivity contribution is 1.18. The summed E-state index contributed by atoms with van der Waals surface area (Å²) in [6.45, 7) is 11.4. The molecule has 2 aromatic rings. The molecule has 2 N–H and O–H groups in total. The molecule has 4 heteroatoms. The van der Waals surface area contributed by atoms with E-state index in [0.29, 0.717) is 11.5 Å². The molecule has 4 nitrogen and oxygen atoms in total. The molecule has 0 atom stereocenters. The number of pyridine rings is 1. The Labute approximate surface area is 125 Å². The molecule has 0 saturated heterocycles. The minimum Gasteiger partial charge on any atom is -0.382 e. The van der Waals surface area contributed by atoms with Crippen LogP contribution in [0.15, 0.2) is 62.1 Å². The third kappa shape index (κ3) is 4.11. The Kier molecular flexibility index (Phi) is 6.54. The molecule has 0 aliphatic rings. The summed E-state index contributed by atoms with van der Waals surface area (Å²) in [6.07, 6.45) is 10.2. The first-order valence-corrected chi connectivity index (χ1v) is 6.74. The SMILES string of the molecule is C=C/C=C(\C=C)c1nc(-c2ccncc2)cnc1N.CC. The topological polar surface area (TPSA) is 64.7 Å². The number of anilines is 1. The average Bonchev–Trinajstić information content (AvgIpc) is 2.56. The minimum absolute atomic E-state index is 0.366. The quantitative estimate of drug-likeness (QED) is 0.862. The summed E-state index contributed by atoms with van der Waals surface area (Å²) in [5, 5.41) is 0. The van der Waals surface area contributed by atoms with E-state index in [0.717, 1.165) is 16.8 Å². The van der Waals surface area contributed by atoms with E-state index in [1.807, 2.05) is 26.0 Å². The van der Waals surface area contributed by atoms with Crippen LogP contribution in [0.2, 0.25) is 0 Å². The predicted octanol–water partition coefficient (Wildman–Crippen LogP) is 3.90. The summed E-state index contributed by atoms with van der Waals surface area (Å²) in [5.74, 6) is 0.366. The molecule has 108 valence electrons. The lowest BCUT2D eigenvalue weighted by atomic mass is 10.1. The first kappa shape index (κ1) is 16.3. The molecular formula is C17H20N4. The van der Waals surface area contributed by atoms with Crippen LogP contribution in [0.25, 0.3) is 16.8 Å². The van der Waals surface area contributed by atoms with E-state index in [1.165, 1.54) is 0 Å². The number of nitrogen functional groups attached to an aromatic ring is 1. The van der Waals surface area contributed by atoms with Crippen LogP contribution in [0.5, 0.6) is 0 Å². The lowest BCUT2D eigenvalue weighted by Crippen LogP contribution is -2.01. The highest BCUT2D eigenvalue weighted by molar-refractivity contribution is 5.79. The van der Waals surface area contributed by atoms with Crippen molar-refractivity contribution >= 4 is 11.4 Å². The third-order valence-electron chi connectivity index (χ3n) is 2.57. The smallest absolute Gasteiger partial charge is 0.150 e. The molecule has 0 amide bonds. The standard InChI is InChI=1S/C15H14N4.C2H6/c1-3-5-11(4-2)14-15(16)18-10-13(19-14)12-6-8-17-9-7-12;1-2/h3-10H,1-2H2,(H2,16,18);1-2H3/b11-5+;. The number of rotatable bonds is 4. The van der Waals surface area contributed by atoms with Gasteiger partial charge in [-0.3, -0.25) is 4.98 Å². The van der Waals surface area contributed by atoms with E-state index in [2.05, 4.69) is 28.1 Å². The van der Waals surface area contributed by atoms with Crippen LogP contribution in [0.4, 0.5) is 5.82 Å². The van der Waals surface area contributed by atoms with Crippen LogP contribution < -0.4 is 5.73 Å². The van der Waals surface area contributed by atoms with Gasteiger partial charge in [0.25, 0.3) is 0 Å². The fraction of sp³-hybridized carbons (Fsp3) is 0.118. The van der Waals surface area contributed by atoms with Crippen molar-refractivity contribution in [3.05, 3.63) is 67.8 Å². The third-order valence-corrected chi connectivity index (χ3v) is 2.57. The summed E-state index contributed by atoms with van der Waals surface area (Å²) in [7, 11) is 0. The predicted molar refractivity (Wildman–Crippen MR) is 89.4 cm³/mol. The van der Waals surface area contributed by atoms with Crippen LogP contribution in [-0.4, -0.2) is 15.0 Å². The molecule has 2 rings (SSSR count). The number of allylic oxidation sites excluding steroid dienone is 4. The van der Waals surface area contributed by atoms with Gasteiger partial charge in [0.1, 0.15) is 11.5 Å². The highest BCUT2D eigenvalue weighted by Crippen LogP contribution is 2.23. The summed E-state index contributed by atoms with van der Waals surface area (Å²) in [5.41, 5.74) is 8.93. The number of nitrogens with zero attached hydrogens (tertiary/aromatic N) is 3. The van der Waals surface area contributed by atoms with Gasteiger partial charge in [0.15, 0.2) is 0 Å². The average molecular weight is 280 g/mol. The maximum absolute atomic E-state index is 5.87. The van der Waals surface area contributed by atoms with Gasteiger partial charge >= 0.3 is 0 Å². The van der Waals surface area contributed by atoms with Gasteiger partial charge in [-0.25, -0.2) is 9.97 Å². The highest BCUT2D eigenvalue weighted by atomic mass is 14.9. The van der Waals surface area contributed by atoms with E-state index in [4.69, 9.17) is 5.73 Å². The molecule has 0 spiro atoms. The maximum Gasteiger partial charge on any atom is 0.150 e. The van der Waals surface area contributed by atoms with Crippen LogP contribution in [0.1, 0.15) is 19.5 Å². The minimum atomic E-state index is 0.366. The molecule has 0 unspecified atom stereocenters. The Morgan fingerprint density at radius 3 is 2.43 bits per heavy atom. The number of nitrogens with two attached hydrogens (primary N) is 1. The van der Waals surface area contributed by atoms with Crippen molar-refractivity contribution in [2.24, 2.45) is 0 Å². The summed E-state index contributed by atoms with van der Waals surface area (Å²) < 4.78 is 0. The molecular weight excluding hydrogens is 260 g/mol. The molecule has 2 heterocycles. The number of aromatic nitrogens is 3. The first-order chi connectivity index (χ1) is 10.3. The summed E-state index contributed by atoms with van der Waals surface area (Å²) in [6, 6.07) is 3.74. The van der Waals surface area contributed by atoms with Gasteiger partial charge < -0.3 is 5.73 Å². The second kappa shape index (κ2) is 8.43. The van der Waals surface area contributed by atoms with E-state index in [1.54, 1.807) is 36.8 Å². The highest BCUT2D eigenvalue weighted by Gasteiger charge is 2.08. The summed E-state index contributed by atoms with van der Waals surface area (Å²) in [4.78, 5) is 12.7. The number of hydrogen-bond acceptors (Lipinski definition) is 4. The van der Waals surface area contributed by atoms with Gasteiger partial charge in [-0.15, -0.1) is 0 Å². The zero-order valence-corrected chi connectivity index (χ0v) is 12.5. The second-order valence-electron chi connectivity index (χ2n) is 3.79. The van der Waals surface area contributed by atoms with E-state index in [9.17, 15) is 0 Å². The van der Waals surface area contributed by atoms with Gasteiger partial charge in [-0.05, 0) is 12.1 Å². The Hall–Kier alpha value is -2.75. The molecule has 0 fully saturated rings. The van der Waals surface area contributed by atoms with Crippen molar-refractivity contribution < 1.29 is 0 Å². The fourth-order valence-electron chi connectivity index (χ4n) is 1.64. The van der Waals surface area contributed by atoms with Crippen molar-refractivity contribution in [2.75, 3.05) is 5.73 Å². The maximum atomic E-state index is 5.87. The Morgan fingerprint density at radius 1 is 1.19 bits per heavy atom. The normalized spacial score (nSPS) is 10.3. The first-order valence-electron chi connectivity index (χ1n) is 6.74. The molecule has 0 aliphatic heterocycles. The molecule has 2 aromatic heterocycles. The fourth-order valence-corrected chi connectivity index (χ4v) is 1.64. The zero-order chi connectivity index (χ0) is 15.7. The molecule has 0 aromatic carbocycles. The Bertz CT molecular complexity index is 630. The van der Waals surface area contributed by atoms with Crippen LogP contribution in [0.3, 0.4) is 0 Å². The van der Waals surface area contributed by atoms with E-state index >= 15 is 0 Å². The van der Waals surface area contributed by atoms with Crippen molar-refractivity contribution in [1.82, 2.24) is 15.0 Å². The molecule has 0 aliphatic carbocycles. The van der Waals surface area contributed by atoms with Crippen LogP contribution in [0, 0.1) is 0 Å². The lowest BCUT2D eigenvalue weighted by Gasteiger charge is -2.07.